The molecule has 2 aromatic heterocycles. The second-order valence-electron chi connectivity index (χ2n) is 9.01. The van der Waals surface area contributed by atoms with Crippen molar-refractivity contribution in [2.45, 2.75) is 49.7 Å². The number of nitrogens with one attached hydrogen (secondary N) is 2. The monoisotopic (exact) mass is 528 g/mol. The molecule has 4 heterocycles. The molecule has 36 heavy (non-hydrogen) atoms. The molecule has 0 saturated carbocycles. The van der Waals surface area contributed by atoms with Crippen LogP contribution in [0.25, 0.3) is 10.2 Å². The number of aromatic nitrogens is 1. The summed E-state index contributed by atoms with van der Waals surface area (Å²) in [5.41, 5.74) is 2.57. The van der Waals surface area contributed by atoms with Crippen LogP contribution < -0.4 is 10.6 Å². The Bertz CT molecular complexity index is 1300. The van der Waals surface area contributed by atoms with E-state index in [-0.39, 0.29) is 22.4 Å². The quantitative estimate of drug-likeness (QED) is 0.435. The van der Waals surface area contributed by atoms with Crippen LogP contribution in [0.5, 0.6) is 0 Å². The van der Waals surface area contributed by atoms with Gasteiger partial charge in [0.1, 0.15) is 15.6 Å². The maximum Gasteiger partial charge on any atom is 0.319 e. The number of urea groups is 1. The minimum absolute atomic E-state index is 0.0211. The third-order valence-electron chi connectivity index (χ3n) is 6.42. The molecule has 2 N–H and O–H groups in total. The second kappa shape index (κ2) is 11.0. The predicted molar refractivity (Wildman–Crippen MR) is 143 cm³/mol. The van der Waals surface area contributed by atoms with Crippen LogP contribution >= 0.6 is 23.1 Å². The summed E-state index contributed by atoms with van der Waals surface area (Å²) in [6, 6.07) is 8.29. The number of pyridine rings is 1. The summed E-state index contributed by atoms with van der Waals surface area (Å²) in [5.74, 6) is -0.341. The van der Waals surface area contributed by atoms with Gasteiger partial charge in [-0.05, 0) is 69.5 Å². The molecule has 1 spiro atoms. The summed E-state index contributed by atoms with van der Waals surface area (Å²) < 4.78 is 13.1. The minimum atomic E-state index is -0.362. The molecule has 2 aliphatic rings. The molecule has 0 unspecified atom stereocenters. The molecule has 1 aromatic carbocycles. The highest BCUT2D eigenvalue weighted by Crippen LogP contribution is 2.48. The van der Waals surface area contributed by atoms with E-state index < -0.39 is 0 Å². The molecule has 190 valence electrons. The highest BCUT2D eigenvalue weighted by atomic mass is 32.2. The van der Waals surface area contributed by atoms with E-state index in [9.17, 15) is 18.8 Å². The van der Waals surface area contributed by atoms with Crippen LogP contribution in [0.3, 0.4) is 0 Å². The number of rotatable bonds is 3. The first-order valence-electron chi connectivity index (χ1n) is 11.9. The number of hydrogen-bond acceptors (Lipinski definition) is 6. The van der Waals surface area contributed by atoms with E-state index in [0.717, 1.165) is 50.6 Å². The number of thioether (sulfide) groups is 1. The fourth-order valence-corrected chi connectivity index (χ4v) is 7.00. The van der Waals surface area contributed by atoms with Crippen LogP contribution in [-0.2, 0) is 4.79 Å². The Hall–Kier alpha value is -2.98. The van der Waals surface area contributed by atoms with E-state index >= 15 is 0 Å². The molecule has 0 bridgehead atoms. The van der Waals surface area contributed by atoms with Gasteiger partial charge in [-0.3, -0.25) is 14.9 Å². The van der Waals surface area contributed by atoms with Gasteiger partial charge in [0.25, 0.3) is 0 Å². The van der Waals surface area contributed by atoms with Crippen molar-refractivity contribution in [2.75, 3.05) is 25.0 Å². The van der Waals surface area contributed by atoms with Crippen LogP contribution in [0.4, 0.5) is 14.2 Å². The van der Waals surface area contributed by atoms with Gasteiger partial charge in [-0.25, -0.2) is 14.2 Å². The minimum Gasteiger partial charge on any atom is -0.345 e. The Morgan fingerprint density at radius 2 is 1.97 bits per heavy atom. The first kappa shape index (κ1) is 26.1. The maximum atomic E-state index is 13.2. The van der Waals surface area contributed by atoms with Crippen molar-refractivity contribution in [1.82, 2.24) is 15.2 Å². The summed E-state index contributed by atoms with van der Waals surface area (Å²) in [6.45, 7) is 7.86. The Morgan fingerprint density at radius 1 is 1.22 bits per heavy atom. The van der Waals surface area contributed by atoms with Crippen molar-refractivity contribution in [3.63, 3.8) is 0 Å². The number of hydrogen-bond donors (Lipinski definition) is 2. The number of carbonyl (C=O) groups is 3. The van der Waals surface area contributed by atoms with Gasteiger partial charge >= 0.3 is 6.03 Å². The van der Waals surface area contributed by atoms with Crippen molar-refractivity contribution < 1.29 is 18.8 Å². The van der Waals surface area contributed by atoms with Crippen molar-refractivity contribution >= 4 is 56.5 Å². The zero-order chi connectivity index (χ0) is 25.9. The van der Waals surface area contributed by atoms with Gasteiger partial charge in [0.15, 0.2) is 5.78 Å². The van der Waals surface area contributed by atoms with E-state index in [0.29, 0.717) is 31.6 Å². The van der Waals surface area contributed by atoms with Crippen molar-refractivity contribution in [2.24, 2.45) is 0 Å². The second-order valence-corrected chi connectivity index (χ2v) is 11.5. The molecule has 5 rings (SSSR count). The lowest BCUT2D eigenvalue weighted by Gasteiger charge is -2.42. The van der Waals surface area contributed by atoms with Gasteiger partial charge in [-0.1, -0.05) is 11.3 Å². The van der Waals surface area contributed by atoms with Gasteiger partial charge in [0.05, 0.1) is 0 Å². The fourth-order valence-electron chi connectivity index (χ4n) is 4.40. The zero-order valence-electron chi connectivity index (χ0n) is 20.5. The molecule has 10 heteroatoms. The highest BCUT2D eigenvalue weighted by Gasteiger charge is 2.41. The number of amides is 3. The molecule has 1 fully saturated rings. The molecule has 0 radical (unpaired) electrons. The number of nitrogens with zero attached hydrogens (tertiary/aromatic N) is 2. The number of piperidine rings is 1. The van der Waals surface area contributed by atoms with Gasteiger partial charge in [0.2, 0.25) is 6.41 Å². The van der Waals surface area contributed by atoms with Gasteiger partial charge in [-0.15, -0.1) is 11.8 Å². The average Bonchev–Trinajstić information content (AvgIpc) is 3.14. The lowest BCUT2D eigenvalue weighted by atomic mass is 9.88. The molecular weight excluding hydrogens is 499 g/mol. The van der Waals surface area contributed by atoms with E-state index in [2.05, 4.69) is 15.6 Å². The Labute approximate surface area is 217 Å². The first-order chi connectivity index (χ1) is 17.2. The number of halogens is 1. The topological polar surface area (TPSA) is 91.4 Å². The van der Waals surface area contributed by atoms with Gasteiger partial charge in [-0.2, -0.15) is 0 Å². The van der Waals surface area contributed by atoms with E-state index in [1.54, 1.807) is 22.7 Å². The molecule has 7 nitrogen and oxygen atoms in total. The van der Waals surface area contributed by atoms with Crippen LogP contribution in [0, 0.1) is 19.7 Å². The SMILES string of the molecule is CCNC(=O)Nc1sc2nc(C)ccc2c1C.O=CN1CCC2(CC1)CC(=O)c1cc(F)ccc1S2. The summed E-state index contributed by atoms with van der Waals surface area (Å²) in [7, 11) is 0. The van der Waals surface area contributed by atoms with Crippen LogP contribution in [0.15, 0.2) is 35.2 Å². The van der Waals surface area contributed by atoms with Crippen molar-refractivity contribution in [3.05, 3.63) is 53.0 Å². The average molecular weight is 529 g/mol. The number of carbonyl (C=O) groups excluding carboxylic acids is 3. The van der Waals surface area contributed by atoms with Crippen LogP contribution in [0.2, 0.25) is 0 Å². The van der Waals surface area contributed by atoms with E-state index in [1.807, 2.05) is 32.9 Å². The summed E-state index contributed by atoms with van der Waals surface area (Å²) in [6.07, 6.45) is 2.95. The Morgan fingerprint density at radius 3 is 2.67 bits per heavy atom. The predicted octanol–water partition coefficient (Wildman–Crippen LogP) is 5.55. The third kappa shape index (κ3) is 5.70. The number of aryl methyl sites for hydroxylation is 2. The third-order valence-corrected chi connectivity index (χ3v) is 9.10. The van der Waals surface area contributed by atoms with E-state index in [1.165, 1.54) is 23.5 Å². The normalized spacial score (nSPS) is 16.2. The maximum absolute atomic E-state index is 13.2. The van der Waals surface area contributed by atoms with Crippen molar-refractivity contribution in [3.8, 4) is 0 Å². The number of ketones is 1. The number of anilines is 1. The Kier molecular flexibility index (Phi) is 7.94. The molecule has 2 aliphatic heterocycles. The fraction of sp³-hybridized carbons (Fsp3) is 0.385. The number of likely N-dealkylation sites (tertiary alicyclic amines) is 1. The molecule has 0 aliphatic carbocycles. The van der Waals surface area contributed by atoms with E-state index in [4.69, 9.17) is 0 Å². The lowest BCUT2D eigenvalue weighted by molar-refractivity contribution is -0.119. The van der Waals surface area contributed by atoms with Crippen LogP contribution in [-0.4, -0.2) is 52.5 Å². The van der Waals surface area contributed by atoms with Crippen LogP contribution in [0.1, 0.15) is 47.8 Å². The Balaban J connectivity index is 0.000000170. The lowest BCUT2D eigenvalue weighted by Crippen LogP contribution is -2.44. The number of thiophene rings is 1. The first-order valence-corrected chi connectivity index (χ1v) is 13.5. The van der Waals surface area contributed by atoms with Gasteiger partial charge < -0.3 is 10.2 Å². The molecule has 1 saturated heterocycles. The molecule has 3 aromatic rings. The molecule has 3 amide bonds. The van der Waals surface area contributed by atoms with Crippen molar-refractivity contribution in [1.29, 1.82) is 0 Å². The van der Waals surface area contributed by atoms with Gasteiger partial charge in [0, 0.05) is 52.3 Å². The smallest absolute Gasteiger partial charge is 0.319 e. The standard InChI is InChI=1S/C14H14FNO2S.C12H15N3OS/c15-10-1-2-13-11(7-10)12(18)8-14(19-13)3-5-16(9-17)6-4-14;1-4-13-12(16)15-10-8(3)9-6-5-7(2)14-11(9)17-10/h1-2,7,9H,3-6,8H2;5-6H,4H2,1-3H3,(H2,13,15,16). The number of benzene rings is 1. The summed E-state index contributed by atoms with van der Waals surface area (Å²) in [4.78, 5) is 42.5. The largest absolute Gasteiger partial charge is 0.345 e. The number of Topliss-reactive ketones (excluding diaryl/α,β-unsaturated/α-hetero) is 1. The number of fused-ring (bicyclic) bond motifs is 2. The highest BCUT2D eigenvalue weighted by molar-refractivity contribution is 8.01. The molecular formula is C26H29FN4O3S2. The zero-order valence-corrected chi connectivity index (χ0v) is 22.2. The summed E-state index contributed by atoms with van der Waals surface area (Å²) in [5, 5.41) is 7.53. The molecule has 0 atom stereocenters. The summed E-state index contributed by atoms with van der Waals surface area (Å²) >= 11 is 3.18.